The molecule has 0 radical (unpaired) electrons. The SMILES string of the molecule is CC(C)(C)C1CCN(CCNCC2CCOC2)CC1. The smallest absolute Gasteiger partial charge is 0.0507 e. The topological polar surface area (TPSA) is 24.5 Å². The first kappa shape index (κ1) is 15.3. The Morgan fingerprint density at radius 1 is 1.16 bits per heavy atom. The van der Waals surface area contributed by atoms with Gasteiger partial charge < -0.3 is 15.0 Å². The Morgan fingerprint density at radius 2 is 1.89 bits per heavy atom. The third-order valence-corrected chi connectivity index (χ3v) is 4.87. The van der Waals surface area contributed by atoms with Crippen LogP contribution in [0.1, 0.15) is 40.0 Å². The fourth-order valence-electron chi connectivity index (χ4n) is 3.31. The number of nitrogens with one attached hydrogen (secondary N) is 1. The molecule has 0 bridgehead atoms. The van der Waals surface area contributed by atoms with Gasteiger partial charge in [0.15, 0.2) is 0 Å². The van der Waals surface area contributed by atoms with Gasteiger partial charge in [0.05, 0.1) is 6.61 Å². The lowest BCUT2D eigenvalue weighted by molar-refractivity contribution is 0.112. The zero-order valence-corrected chi connectivity index (χ0v) is 13.1. The fourth-order valence-corrected chi connectivity index (χ4v) is 3.31. The number of ether oxygens (including phenoxy) is 1. The third kappa shape index (κ3) is 5.05. The van der Waals surface area contributed by atoms with E-state index in [1.165, 1.54) is 38.9 Å². The van der Waals surface area contributed by atoms with Gasteiger partial charge in [0.2, 0.25) is 0 Å². The molecule has 1 atom stereocenters. The predicted molar refractivity (Wildman–Crippen MR) is 80.4 cm³/mol. The second-order valence-electron chi connectivity index (χ2n) is 7.42. The Labute approximate surface area is 119 Å². The molecule has 112 valence electrons. The van der Waals surface area contributed by atoms with E-state index in [4.69, 9.17) is 4.74 Å². The van der Waals surface area contributed by atoms with Crippen LogP contribution in [0, 0.1) is 17.3 Å². The van der Waals surface area contributed by atoms with Crippen molar-refractivity contribution < 1.29 is 4.74 Å². The van der Waals surface area contributed by atoms with Crippen LogP contribution >= 0.6 is 0 Å². The summed E-state index contributed by atoms with van der Waals surface area (Å²) in [5.74, 6) is 1.67. The van der Waals surface area contributed by atoms with Gasteiger partial charge in [-0.3, -0.25) is 0 Å². The van der Waals surface area contributed by atoms with Crippen molar-refractivity contribution in [2.45, 2.75) is 40.0 Å². The Morgan fingerprint density at radius 3 is 2.47 bits per heavy atom. The maximum atomic E-state index is 5.40. The number of nitrogens with zero attached hydrogens (tertiary/aromatic N) is 1. The van der Waals surface area contributed by atoms with Gasteiger partial charge in [-0.2, -0.15) is 0 Å². The van der Waals surface area contributed by atoms with E-state index in [0.717, 1.165) is 38.1 Å². The Hall–Kier alpha value is -0.120. The zero-order valence-electron chi connectivity index (χ0n) is 13.1. The molecule has 2 saturated heterocycles. The van der Waals surface area contributed by atoms with Gasteiger partial charge >= 0.3 is 0 Å². The summed E-state index contributed by atoms with van der Waals surface area (Å²) in [6.45, 7) is 15.2. The van der Waals surface area contributed by atoms with Gasteiger partial charge in [0.25, 0.3) is 0 Å². The van der Waals surface area contributed by atoms with Crippen molar-refractivity contribution in [1.82, 2.24) is 10.2 Å². The molecule has 2 aliphatic rings. The highest BCUT2D eigenvalue weighted by Gasteiger charge is 2.28. The molecule has 0 aromatic heterocycles. The highest BCUT2D eigenvalue weighted by molar-refractivity contribution is 4.80. The average Bonchev–Trinajstić information content (AvgIpc) is 2.87. The summed E-state index contributed by atoms with van der Waals surface area (Å²) >= 11 is 0. The molecule has 0 spiro atoms. The van der Waals surface area contributed by atoms with Crippen LogP contribution in [0.3, 0.4) is 0 Å². The molecule has 3 heteroatoms. The van der Waals surface area contributed by atoms with Crippen molar-refractivity contribution in [3.8, 4) is 0 Å². The summed E-state index contributed by atoms with van der Waals surface area (Å²) in [7, 11) is 0. The Kier molecular flexibility index (Phi) is 5.67. The monoisotopic (exact) mass is 268 g/mol. The van der Waals surface area contributed by atoms with E-state index in [2.05, 4.69) is 31.0 Å². The second-order valence-corrected chi connectivity index (χ2v) is 7.42. The second kappa shape index (κ2) is 7.05. The lowest BCUT2D eigenvalue weighted by Crippen LogP contribution is -2.41. The number of rotatable bonds is 5. The van der Waals surface area contributed by atoms with E-state index < -0.39 is 0 Å². The number of hydrogen-bond acceptors (Lipinski definition) is 3. The minimum atomic E-state index is 0.493. The van der Waals surface area contributed by atoms with Gasteiger partial charge in [-0.05, 0) is 49.6 Å². The van der Waals surface area contributed by atoms with Crippen molar-refractivity contribution >= 4 is 0 Å². The average molecular weight is 268 g/mol. The fraction of sp³-hybridized carbons (Fsp3) is 1.00. The summed E-state index contributed by atoms with van der Waals surface area (Å²) in [4.78, 5) is 2.63. The van der Waals surface area contributed by atoms with Gasteiger partial charge in [-0.1, -0.05) is 20.8 Å². The van der Waals surface area contributed by atoms with Crippen LogP contribution in [0.4, 0.5) is 0 Å². The van der Waals surface area contributed by atoms with Crippen molar-refractivity contribution in [3.63, 3.8) is 0 Å². The van der Waals surface area contributed by atoms with Crippen LogP contribution in [0.5, 0.6) is 0 Å². The molecule has 19 heavy (non-hydrogen) atoms. The summed E-state index contributed by atoms with van der Waals surface area (Å²) in [5, 5.41) is 3.59. The van der Waals surface area contributed by atoms with Crippen LogP contribution in [-0.2, 0) is 4.74 Å². The van der Waals surface area contributed by atoms with E-state index in [1.807, 2.05) is 0 Å². The standard InChI is InChI=1S/C16H32N2O/c1-16(2,3)15-4-8-18(9-5-15)10-7-17-12-14-6-11-19-13-14/h14-15,17H,4-13H2,1-3H3. The van der Waals surface area contributed by atoms with Crippen molar-refractivity contribution in [2.75, 3.05) is 45.9 Å². The van der Waals surface area contributed by atoms with Crippen LogP contribution in [0.25, 0.3) is 0 Å². The van der Waals surface area contributed by atoms with Crippen LogP contribution in [0.15, 0.2) is 0 Å². The van der Waals surface area contributed by atoms with Gasteiger partial charge in [-0.15, -0.1) is 0 Å². The molecule has 0 aromatic rings. The van der Waals surface area contributed by atoms with Gasteiger partial charge in [0, 0.05) is 26.2 Å². The highest BCUT2D eigenvalue weighted by atomic mass is 16.5. The maximum absolute atomic E-state index is 5.40. The maximum Gasteiger partial charge on any atom is 0.0507 e. The molecule has 2 heterocycles. The first-order valence-corrected chi connectivity index (χ1v) is 8.06. The first-order valence-electron chi connectivity index (χ1n) is 8.06. The lowest BCUT2D eigenvalue weighted by atomic mass is 9.75. The van der Waals surface area contributed by atoms with Crippen molar-refractivity contribution in [2.24, 2.45) is 17.3 Å². The first-order chi connectivity index (χ1) is 9.05. The number of piperidine rings is 1. The number of hydrogen-bond donors (Lipinski definition) is 1. The summed E-state index contributed by atoms with van der Waals surface area (Å²) in [6, 6.07) is 0. The third-order valence-electron chi connectivity index (χ3n) is 4.87. The summed E-state index contributed by atoms with van der Waals surface area (Å²) in [6.07, 6.45) is 3.99. The molecule has 1 unspecified atom stereocenters. The summed E-state index contributed by atoms with van der Waals surface area (Å²) in [5.41, 5.74) is 0.493. The van der Waals surface area contributed by atoms with Gasteiger partial charge in [0.1, 0.15) is 0 Å². The number of likely N-dealkylation sites (tertiary alicyclic amines) is 1. The molecular formula is C16H32N2O. The minimum Gasteiger partial charge on any atom is -0.381 e. The van der Waals surface area contributed by atoms with Crippen molar-refractivity contribution in [3.05, 3.63) is 0 Å². The molecule has 0 saturated carbocycles. The Balaban J connectivity index is 1.53. The molecule has 2 fully saturated rings. The molecule has 1 N–H and O–H groups in total. The Bertz CT molecular complexity index is 248. The normalized spacial score (nSPS) is 27.0. The lowest BCUT2D eigenvalue weighted by Gasteiger charge is -2.38. The molecular weight excluding hydrogens is 236 g/mol. The molecule has 0 amide bonds. The zero-order chi connectivity index (χ0) is 13.7. The van der Waals surface area contributed by atoms with E-state index >= 15 is 0 Å². The molecule has 3 nitrogen and oxygen atoms in total. The predicted octanol–water partition coefficient (Wildman–Crippen LogP) is 2.37. The minimum absolute atomic E-state index is 0.493. The largest absolute Gasteiger partial charge is 0.381 e. The van der Waals surface area contributed by atoms with Gasteiger partial charge in [-0.25, -0.2) is 0 Å². The van der Waals surface area contributed by atoms with Crippen LogP contribution in [-0.4, -0.2) is 50.8 Å². The van der Waals surface area contributed by atoms with E-state index in [-0.39, 0.29) is 0 Å². The molecule has 0 aliphatic carbocycles. The highest BCUT2D eigenvalue weighted by Crippen LogP contribution is 2.33. The molecule has 2 aliphatic heterocycles. The van der Waals surface area contributed by atoms with Crippen molar-refractivity contribution in [1.29, 1.82) is 0 Å². The van der Waals surface area contributed by atoms with Crippen LogP contribution in [0.2, 0.25) is 0 Å². The summed E-state index contributed by atoms with van der Waals surface area (Å²) < 4.78 is 5.40. The molecule has 2 rings (SSSR count). The van der Waals surface area contributed by atoms with E-state index in [0.29, 0.717) is 5.41 Å². The quantitative estimate of drug-likeness (QED) is 0.775. The van der Waals surface area contributed by atoms with Crippen LogP contribution < -0.4 is 5.32 Å². The molecule has 0 aromatic carbocycles. The van der Waals surface area contributed by atoms with E-state index in [1.54, 1.807) is 0 Å². The van der Waals surface area contributed by atoms with E-state index in [9.17, 15) is 0 Å².